The Morgan fingerprint density at radius 3 is 1.13 bits per heavy atom. The monoisotopic (exact) mass is 1320 g/mol. The van der Waals surface area contributed by atoms with E-state index in [1.807, 2.05) is 11.3 Å². The molecule has 0 amide bonds. The molecule has 0 fully saturated rings. The maximum atomic E-state index is 2.71. The first kappa shape index (κ1) is 58.9. The summed E-state index contributed by atoms with van der Waals surface area (Å²) in [6.07, 6.45) is 0. The van der Waals surface area contributed by atoms with E-state index < -0.39 is 0 Å². The molecule has 0 spiro atoms. The molecule has 0 saturated carbocycles. The molecule has 2 aliphatic rings. The van der Waals surface area contributed by atoms with Crippen LogP contribution in [0.15, 0.2) is 376 Å². The van der Waals surface area contributed by atoms with Crippen molar-refractivity contribution in [1.82, 2.24) is 4.57 Å². The van der Waals surface area contributed by atoms with Crippen molar-refractivity contribution in [2.24, 2.45) is 0 Å². The van der Waals surface area contributed by atoms with Gasteiger partial charge in [0.05, 0.1) is 28.1 Å². The van der Waals surface area contributed by atoms with E-state index in [4.69, 9.17) is 0 Å². The average molecular weight is 1320 g/mol. The quantitative estimate of drug-likeness (QED) is 0.0999. The number of thiophene rings is 1. The molecular formula is C98H62BN3S. The molecule has 2 aromatic heterocycles. The number of fused-ring (bicyclic) bond motifs is 12. The fourth-order valence-electron chi connectivity index (χ4n) is 17.4. The van der Waals surface area contributed by atoms with Crippen LogP contribution in [0.3, 0.4) is 0 Å². The summed E-state index contributed by atoms with van der Waals surface area (Å²) in [5.41, 5.74) is 30.0. The summed E-state index contributed by atoms with van der Waals surface area (Å²) >= 11 is 1.89. The van der Waals surface area contributed by atoms with Gasteiger partial charge in [-0.3, -0.25) is 0 Å². The van der Waals surface area contributed by atoms with Crippen molar-refractivity contribution in [3.05, 3.63) is 376 Å². The zero-order valence-corrected chi connectivity index (χ0v) is 56.9. The number of hydrogen-bond donors (Lipinski definition) is 0. The summed E-state index contributed by atoms with van der Waals surface area (Å²) in [5, 5.41) is 9.83. The highest BCUT2D eigenvalue weighted by atomic mass is 32.1. The first-order valence-corrected chi connectivity index (χ1v) is 36.4. The lowest BCUT2D eigenvalue weighted by atomic mass is 9.33. The SMILES string of the molecule is c1ccc(-c2cccc(-c3ccccc3)c2N2c3ccc(-c4cccc5c4sc4ccccc45)cc3B3c4ccc(-c5c6ccccc6c(-c6ccccc6)c6ccccc56)cc4N(c4c(-c5ccccc5)cccc4-c4ccccc4)c4cc(-n5c6ccccc6c6ccccc65)cc2c43)cc1. The predicted molar refractivity (Wildman–Crippen MR) is 441 cm³/mol. The number of para-hydroxylation sites is 4. The molecule has 5 heteroatoms. The van der Waals surface area contributed by atoms with Crippen molar-refractivity contribution in [3.63, 3.8) is 0 Å². The first-order chi connectivity index (χ1) is 51.2. The topological polar surface area (TPSA) is 11.4 Å². The summed E-state index contributed by atoms with van der Waals surface area (Å²) in [6, 6.07) is 141. The number of hydrogen-bond acceptors (Lipinski definition) is 3. The zero-order chi connectivity index (χ0) is 67.6. The Bertz CT molecular complexity index is 6400. The van der Waals surface area contributed by atoms with Crippen LogP contribution in [0.2, 0.25) is 0 Å². The molecule has 3 nitrogen and oxygen atoms in total. The van der Waals surface area contributed by atoms with E-state index in [2.05, 4.69) is 390 Å². The Morgan fingerprint density at radius 1 is 0.233 bits per heavy atom. The van der Waals surface area contributed by atoms with Gasteiger partial charge in [-0.05, 0) is 136 Å². The van der Waals surface area contributed by atoms with Crippen LogP contribution in [0.1, 0.15) is 0 Å². The second-order valence-electron chi connectivity index (χ2n) is 27.3. The van der Waals surface area contributed by atoms with Gasteiger partial charge in [0.2, 0.25) is 0 Å². The molecule has 2 aliphatic heterocycles. The van der Waals surface area contributed by atoms with Crippen molar-refractivity contribution < 1.29 is 0 Å². The molecule has 17 aromatic carbocycles. The van der Waals surface area contributed by atoms with Gasteiger partial charge < -0.3 is 14.4 Å². The fraction of sp³-hybridized carbons (Fsp3) is 0. The summed E-state index contributed by atoms with van der Waals surface area (Å²) in [6.45, 7) is -0.285. The minimum absolute atomic E-state index is 0.285. The van der Waals surface area contributed by atoms with Crippen molar-refractivity contribution in [2.45, 2.75) is 0 Å². The summed E-state index contributed by atoms with van der Waals surface area (Å²) in [7, 11) is 0. The summed E-state index contributed by atoms with van der Waals surface area (Å²) in [5.74, 6) is 0. The van der Waals surface area contributed by atoms with Gasteiger partial charge in [-0.25, -0.2) is 0 Å². The number of nitrogens with zero attached hydrogens (tertiary/aromatic N) is 3. The maximum Gasteiger partial charge on any atom is 0.252 e. The lowest BCUT2D eigenvalue weighted by Gasteiger charge is -2.46. The lowest BCUT2D eigenvalue weighted by molar-refractivity contribution is 1.16. The van der Waals surface area contributed by atoms with Crippen LogP contribution >= 0.6 is 11.3 Å². The van der Waals surface area contributed by atoms with Crippen LogP contribution in [0.5, 0.6) is 0 Å². The molecule has 0 saturated heterocycles. The number of aromatic nitrogens is 1. The largest absolute Gasteiger partial charge is 0.310 e. The van der Waals surface area contributed by atoms with Gasteiger partial charge in [0, 0.05) is 75.9 Å². The molecule has 0 atom stereocenters. The van der Waals surface area contributed by atoms with Gasteiger partial charge in [0.1, 0.15) is 0 Å². The summed E-state index contributed by atoms with van der Waals surface area (Å²) < 4.78 is 5.12. The highest BCUT2D eigenvalue weighted by Gasteiger charge is 2.46. The highest BCUT2D eigenvalue weighted by Crippen LogP contribution is 2.55. The fourth-order valence-corrected chi connectivity index (χ4v) is 18.7. The third-order valence-corrected chi connectivity index (χ3v) is 23.0. The van der Waals surface area contributed by atoms with E-state index in [1.165, 1.54) is 96.7 Å². The van der Waals surface area contributed by atoms with E-state index in [-0.39, 0.29) is 6.71 Å². The lowest BCUT2D eigenvalue weighted by Crippen LogP contribution is -2.61. The third kappa shape index (κ3) is 9.23. The van der Waals surface area contributed by atoms with E-state index in [0.29, 0.717) is 0 Å². The molecule has 0 N–H and O–H groups in total. The van der Waals surface area contributed by atoms with E-state index >= 15 is 0 Å². The minimum Gasteiger partial charge on any atom is -0.310 e. The molecule has 478 valence electrons. The van der Waals surface area contributed by atoms with Gasteiger partial charge in [0.25, 0.3) is 6.71 Å². The van der Waals surface area contributed by atoms with Crippen molar-refractivity contribution in [2.75, 3.05) is 9.80 Å². The van der Waals surface area contributed by atoms with E-state index in [1.54, 1.807) is 0 Å². The Morgan fingerprint density at radius 2 is 0.621 bits per heavy atom. The van der Waals surface area contributed by atoms with E-state index in [0.717, 1.165) is 101 Å². The average Bonchev–Trinajstić information content (AvgIpc) is 0.942. The standard InChI is InChI=1S/C98H62BN3S/c1-6-29-63(30-7-1)71-46-26-47-72(64-31-8-2-9-32-64)96(71)101-88-58-56-68(75-50-28-51-83-78-41-22-25-54-92(78)103-98(75)83)59-85(88)99-84-57-55-69(94-81-44-18-16-42-79(81)93(67-37-14-5-15-38-67)80-43-17-19-45-82(80)94)60-89(84)102(97-73(65-33-10-3-11-34-65)48-27-49-74(97)66-35-12-4-13-36-66)91-62-70(61-90(101)95(91)99)100-86-52-23-20-39-76(86)77-40-21-24-53-87(77)100/h1-62H. The van der Waals surface area contributed by atoms with Crippen molar-refractivity contribution >= 4 is 132 Å². The van der Waals surface area contributed by atoms with Gasteiger partial charge in [-0.15, -0.1) is 11.3 Å². The zero-order valence-electron chi connectivity index (χ0n) is 56.1. The number of anilines is 6. The van der Waals surface area contributed by atoms with Crippen LogP contribution in [-0.2, 0) is 0 Å². The molecule has 103 heavy (non-hydrogen) atoms. The molecule has 19 aromatic rings. The van der Waals surface area contributed by atoms with Gasteiger partial charge >= 0.3 is 0 Å². The van der Waals surface area contributed by atoms with Crippen LogP contribution in [-0.4, -0.2) is 11.3 Å². The molecule has 0 bridgehead atoms. The molecule has 4 heterocycles. The second-order valence-corrected chi connectivity index (χ2v) is 28.3. The van der Waals surface area contributed by atoms with Crippen LogP contribution in [0, 0.1) is 0 Å². The Kier molecular flexibility index (Phi) is 13.6. The Labute approximate surface area is 602 Å². The molecule has 0 aliphatic carbocycles. The van der Waals surface area contributed by atoms with Crippen molar-refractivity contribution in [3.8, 4) is 83.6 Å². The first-order valence-electron chi connectivity index (χ1n) is 35.6. The molecule has 21 rings (SSSR count). The van der Waals surface area contributed by atoms with Crippen LogP contribution in [0.25, 0.3) is 147 Å². The smallest absolute Gasteiger partial charge is 0.252 e. The van der Waals surface area contributed by atoms with Crippen molar-refractivity contribution in [1.29, 1.82) is 0 Å². The number of rotatable bonds is 10. The van der Waals surface area contributed by atoms with Gasteiger partial charge in [-0.1, -0.05) is 334 Å². The molecule has 0 radical (unpaired) electrons. The van der Waals surface area contributed by atoms with Crippen LogP contribution < -0.4 is 26.2 Å². The summed E-state index contributed by atoms with van der Waals surface area (Å²) in [4.78, 5) is 5.40. The highest BCUT2D eigenvalue weighted by molar-refractivity contribution is 7.26. The normalized spacial score (nSPS) is 12.4. The molecule has 0 unspecified atom stereocenters. The number of benzene rings is 17. The van der Waals surface area contributed by atoms with Crippen LogP contribution in [0.4, 0.5) is 34.1 Å². The second kappa shape index (κ2) is 23.8. The predicted octanol–water partition coefficient (Wildman–Crippen LogP) is 25.2. The maximum absolute atomic E-state index is 2.71. The van der Waals surface area contributed by atoms with Gasteiger partial charge in [-0.2, -0.15) is 0 Å². The Hall–Kier alpha value is -13.1. The Balaban J connectivity index is 0.955. The van der Waals surface area contributed by atoms with Gasteiger partial charge in [0.15, 0.2) is 0 Å². The molecular weight excluding hydrogens is 1260 g/mol. The van der Waals surface area contributed by atoms with E-state index in [9.17, 15) is 0 Å². The third-order valence-electron chi connectivity index (χ3n) is 21.7. The minimum atomic E-state index is -0.285.